The van der Waals surface area contributed by atoms with Crippen molar-refractivity contribution in [2.75, 3.05) is 13.1 Å². The standard InChI is InChI=1S/C17H22F6N2O2/c18-16(19,20)8-24-12(26)6-14-2-10-1-11(3-14)5-15(4-10,7-14)13(27)25-9-17(21,22)23/h10-11H,1-9H2,(H,24,26)(H,25,27). The lowest BCUT2D eigenvalue weighted by Crippen LogP contribution is -2.59. The third-order valence-corrected chi connectivity index (χ3v) is 6.13. The fourth-order valence-corrected chi connectivity index (χ4v) is 5.89. The lowest BCUT2D eigenvalue weighted by atomic mass is 9.43. The van der Waals surface area contributed by atoms with Crippen LogP contribution in [0.1, 0.15) is 44.9 Å². The monoisotopic (exact) mass is 400 g/mol. The van der Waals surface area contributed by atoms with Crippen LogP contribution in [0.25, 0.3) is 0 Å². The maximum atomic E-state index is 12.6. The van der Waals surface area contributed by atoms with Gasteiger partial charge in [-0.15, -0.1) is 0 Å². The summed E-state index contributed by atoms with van der Waals surface area (Å²) >= 11 is 0. The molecule has 2 N–H and O–H groups in total. The number of carbonyl (C=O) groups is 2. The Labute approximate surface area is 152 Å². The van der Waals surface area contributed by atoms with Crippen LogP contribution in [0.5, 0.6) is 0 Å². The summed E-state index contributed by atoms with van der Waals surface area (Å²) in [5.41, 5.74) is -1.55. The van der Waals surface area contributed by atoms with Gasteiger partial charge < -0.3 is 10.6 Å². The molecule has 0 aromatic carbocycles. The summed E-state index contributed by atoms with van der Waals surface area (Å²) in [5, 5.41) is 3.85. The molecule has 27 heavy (non-hydrogen) atoms. The van der Waals surface area contributed by atoms with Crippen molar-refractivity contribution in [1.82, 2.24) is 10.6 Å². The summed E-state index contributed by atoms with van der Waals surface area (Å²) in [5.74, 6) is -1.12. The zero-order valence-electron chi connectivity index (χ0n) is 14.6. The molecule has 0 aromatic rings. The van der Waals surface area contributed by atoms with E-state index in [1.165, 1.54) is 0 Å². The van der Waals surface area contributed by atoms with Crippen molar-refractivity contribution in [2.24, 2.45) is 22.7 Å². The van der Waals surface area contributed by atoms with Crippen LogP contribution in [0.3, 0.4) is 0 Å². The van der Waals surface area contributed by atoms with Crippen LogP contribution in [-0.4, -0.2) is 37.3 Å². The Hall–Kier alpha value is -1.48. The predicted molar refractivity (Wildman–Crippen MR) is 82.3 cm³/mol. The van der Waals surface area contributed by atoms with Crippen molar-refractivity contribution < 1.29 is 35.9 Å². The van der Waals surface area contributed by atoms with Crippen LogP contribution in [0, 0.1) is 22.7 Å². The maximum absolute atomic E-state index is 12.6. The molecule has 10 heteroatoms. The molecule has 4 bridgehead atoms. The molecular weight excluding hydrogens is 378 g/mol. The van der Waals surface area contributed by atoms with Gasteiger partial charge in [-0.1, -0.05) is 0 Å². The Bertz CT molecular complexity index is 602. The van der Waals surface area contributed by atoms with Gasteiger partial charge in [0.15, 0.2) is 0 Å². The smallest absolute Gasteiger partial charge is 0.347 e. The van der Waals surface area contributed by atoms with Crippen LogP contribution in [0.2, 0.25) is 0 Å². The van der Waals surface area contributed by atoms with Gasteiger partial charge in [-0.05, 0) is 55.8 Å². The van der Waals surface area contributed by atoms with E-state index in [0.717, 1.165) is 6.42 Å². The summed E-state index contributed by atoms with van der Waals surface area (Å²) in [6.07, 6.45) is -5.77. The molecule has 4 fully saturated rings. The number of rotatable bonds is 5. The zero-order valence-corrected chi connectivity index (χ0v) is 14.6. The Kier molecular flexibility index (Phi) is 4.91. The first-order valence-corrected chi connectivity index (χ1v) is 8.98. The molecule has 0 spiro atoms. The van der Waals surface area contributed by atoms with Crippen molar-refractivity contribution in [3.8, 4) is 0 Å². The van der Waals surface area contributed by atoms with Crippen molar-refractivity contribution in [3.63, 3.8) is 0 Å². The van der Waals surface area contributed by atoms with Crippen molar-refractivity contribution in [2.45, 2.75) is 57.3 Å². The lowest BCUT2D eigenvalue weighted by molar-refractivity contribution is -0.167. The zero-order chi connectivity index (χ0) is 20.1. The van der Waals surface area contributed by atoms with E-state index >= 15 is 0 Å². The summed E-state index contributed by atoms with van der Waals surface area (Å²) < 4.78 is 74.3. The molecule has 0 radical (unpaired) electrons. The minimum Gasteiger partial charge on any atom is -0.347 e. The molecule has 2 atom stereocenters. The number of halogens is 6. The average Bonchev–Trinajstić information content (AvgIpc) is 2.47. The molecule has 0 heterocycles. The molecule has 2 unspecified atom stereocenters. The normalized spacial score (nSPS) is 35.2. The topological polar surface area (TPSA) is 58.2 Å². The molecular formula is C17H22F6N2O2. The molecule has 4 saturated carbocycles. The van der Waals surface area contributed by atoms with E-state index < -0.39 is 48.1 Å². The molecule has 0 saturated heterocycles. The molecule has 0 aliphatic heterocycles. The second kappa shape index (κ2) is 6.55. The molecule has 4 nitrogen and oxygen atoms in total. The summed E-state index contributed by atoms with van der Waals surface area (Å²) in [4.78, 5) is 24.6. The first-order valence-electron chi connectivity index (χ1n) is 8.98. The Balaban J connectivity index is 1.69. The highest BCUT2D eigenvalue weighted by atomic mass is 19.4. The van der Waals surface area contributed by atoms with Gasteiger partial charge in [0.1, 0.15) is 13.1 Å². The molecule has 4 aliphatic carbocycles. The van der Waals surface area contributed by atoms with Gasteiger partial charge in [-0.25, -0.2) is 0 Å². The number of amides is 2. The highest BCUT2D eigenvalue weighted by Gasteiger charge is 2.61. The quantitative estimate of drug-likeness (QED) is 0.696. The van der Waals surface area contributed by atoms with E-state index in [1.54, 1.807) is 0 Å². The fraction of sp³-hybridized carbons (Fsp3) is 0.882. The molecule has 154 valence electrons. The first kappa shape index (κ1) is 20.3. The van der Waals surface area contributed by atoms with Crippen molar-refractivity contribution >= 4 is 11.8 Å². The van der Waals surface area contributed by atoms with Gasteiger partial charge in [0.2, 0.25) is 11.8 Å². The van der Waals surface area contributed by atoms with Crippen LogP contribution >= 0.6 is 0 Å². The Morgan fingerprint density at radius 1 is 0.852 bits per heavy atom. The van der Waals surface area contributed by atoms with Crippen LogP contribution < -0.4 is 10.6 Å². The van der Waals surface area contributed by atoms with Crippen LogP contribution in [0.15, 0.2) is 0 Å². The first-order chi connectivity index (χ1) is 12.3. The maximum Gasteiger partial charge on any atom is 0.405 e. The fourth-order valence-electron chi connectivity index (χ4n) is 5.89. The largest absolute Gasteiger partial charge is 0.405 e. The van der Waals surface area contributed by atoms with Gasteiger partial charge in [0, 0.05) is 6.42 Å². The van der Waals surface area contributed by atoms with E-state index in [1.807, 2.05) is 10.6 Å². The number of carbonyl (C=O) groups excluding carboxylic acids is 2. The van der Waals surface area contributed by atoms with Gasteiger partial charge >= 0.3 is 12.4 Å². The van der Waals surface area contributed by atoms with Gasteiger partial charge in [-0.3, -0.25) is 9.59 Å². The summed E-state index contributed by atoms with van der Waals surface area (Å²) in [7, 11) is 0. The Morgan fingerprint density at radius 3 is 1.89 bits per heavy atom. The lowest BCUT2D eigenvalue weighted by Gasteiger charge is -2.61. The van der Waals surface area contributed by atoms with Gasteiger partial charge in [0.05, 0.1) is 5.41 Å². The van der Waals surface area contributed by atoms with E-state index in [9.17, 15) is 35.9 Å². The van der Waals surface area contributed by atoms with Crippen molar-refractivity contribution in [1.29, 1.82) is 0 Å². The van der Waals surface area contributed by atoms with Crippen LogP contribution in [0.4, 0.5) is 26.3 Å². The third-order valence-electron chi connectivity index (χ3n) is 6.13. The minimum atomic E-state index is -4.51. The van der Waals surface area contributed by atoms with E-state index in [2.05, 4.69) is 0 Å². The van der Waals surface area contributed by atoms with E-state index in [0.29, 0.717) is 25.7 Å². The van der Waals surface area contributed by atoms with Gasteiger partial charge in [0.25, 0.3) is 0 Å². The molecule has 4 rings (SSSR count). The van der Waals surface area contributed by atoms with Crippen molar-refractivity contribution in [3.05, 3.63) is 0 Å². The second-order valence-corrected chi connectivity index (χ2v) is 8.61. The van der Waals surface area contributed by atoms with Crippen LogP contribution in [-0.2, 0) is 9.59 Å². The average molecular weight is 400 g/mol. The second-order valence-electron chi connectivity index (χ2n) is 8.61. The summed E-state index contributed by atoms with van der Waals surface area (Å²) in [6, 6.07) is 0. The predicted octanol–water partition coefficient (Wildman–Crippen LogP) is 3.32. The number of nitrogens with one attached hydrogen (secondary N) is 2. The highest BCUT2D eigenvalue weighted by Crippen LogP contribution is 2.66. The van der Waals surface area contributed by atoms with Gasteiger partial charge in [-0.2, -0.15) is 26.3 Å². The number of alkyl halides is 6. The Morgan fingerprint density at radius 2 is 1.37 bits per heavy atom. The molecule has 4 aliphatic rings. The number of hydrogen-bond donors (Lipinski definition) is 2. The summed E-state index contributed by atoms with van der Waals surface area (Å²) in [6.45, 7) is -2.81. The van der Waals surface area contributed by atoms with E-state index in [4.69, 9.17) is 0 Å². The highest BCUT2D eigenvalue weighted by molar-refractivity contribution is 5.84. The third kappa shape index (κ3) is 4.68. The molecule has 2 amide bonds. The molecule has 0 aromatic heterocycles. The minimum absolute atomic E-state index is 0.121. The van der Waals surface area contributed by atoms with E-state index in [-0.39, 0.29) is 24.7 Å². The SMILES string of the molecule is O=C(CC12CC3CC(C1)CC(C(=O)NCC(F)(F)F)(C3)C2)NCC(F)(F)F. The number of hydrogen-bond acceptors (Lipinski definition) is 2.